The summed E-state index contributed by atoms with van der Waals surface area (Å²) in [7, 11) is 0. The first kappa shape index (κ1) is 18.5. The van der Waals surface area contributed by atoms with E-state index in [1.54, 1.807) is 25.3 Å². The molecule has 0 spiro atoms. The average Bonchev–Trinajstić information content (AvgIpc) is 3.05. The van der Waals surface area contributed by atoms with Crippen molar-refractivity contribution in [2.75, 3.05) is 11.9 Å². The van der Waals surface area contributed by atoms with E-state index in [1.807, 2.05) is 29.2 Å². The Bertz CT molecular complexity index is 869. The maximum atomic E-state index is 13.2. The van der Waals surface area contributed by atoms with Crippen LogP contribution in [0.2, 0.25) is 0 Å². The lowest BCUT2D eigenvalue weighted by atomic mass is 9.89. The van der Waals surface area contributed by atoms with Crippen LogP contribution in [0.3, 0.4) is 0 Å². The maximum Gasteiger partial charge on any atom is 0.338 e. The zero-order valence-electron chi connectivity index (χ0n) is 16.1. The molecule has 4 rings (SSSR count). The van der Waals surface area contributed by atoms with Gasteiger partial charge in [0.15, 0.2) is 0 Å². The lowest BCUT2D eigenvalue weighted by molar-refractivity contribution is 0.0526. The molecule has 1 fully saturated rings. The molecule has 0 unspecified atom stereocenters. The Morgan fingerprint density at radius 2 is 2.11 bits per heavy atom. The first-order chi connectivity index (χ1) is 13.7. The van der Waals surface area contributed by atoms with Crippen molar-refractivity contribution in [2.45, 2.75) is 51.2 Å². The van der Waals surface area contributed by atoms with Crippen LogP contribution in [0.15, 0.2) is 42.6 Å². The summed E-state index contributed by atoms with van der Waals surface area (Å²) in [6.45, 7) is 2.68. The number of esters is 1. The van der Waals surface area contributed by atoms with Gasteiger partial charge in [0.25, 0.3) is 5.91 Å². The van der Waals surface area contributed by atoms with E-state index in [0.717, 1.165) is 37.1 Å². The molecule has 6 nitrogen and oxygen atoms in total. The van der Waals surface area contributed by atoms with E-state index < -0.39 is 0 Å². The molecule has 2 atom stereocenters. The number of fused-ring (bicyclic) bond motifs is 1. The highest BCUT2D eigenvalue weighted by molar-refractivity contribution is 6.01. The second kappa shape index (κ2) is 8.00. The van der Waals surface area contributed by atoms with Crippen LogP contribution in [0.25, 0.3) is 0 Å². The Morgan fingerprint density at radius 1 is 1.25 bits per heavy atom. The molecule has 2 heterocycles. The third kappa shape index (κ3) is 3.59. The molecule has 1 amide bonds. The number of nitrogens with one attached hydrogen (secondary N) is 1. The number of anilines is 1. The molecule has 0 saturated heterocycles. The fourth-order valence-electron chi connectivity index (χ4n) is 4.22. The van der Waals surface area contributed by atoms with Gasteiger partial charge in [0, 0.05) is 24.3 Å². The number of rotatable bonds is 5. The largest absolute Gasteiger partial charge is 0.462 e. The van der Waals surface area contributed by atoms with Gasteiger partial charge in [0.2, 0.25) is 0 Å². The molecule has 1 N–H and O–H groups in total. The molecule has 2 aliphatic rings. The van der Waals surface area contributed by atoms with Gasteiger partial charge in [0.1, 0.15) is 5.82 Å². The molecule has 1 aromatic heterocycles. The van der Waals surface area contributed by atoms with E-state index in [1.165, 1.54) is 0 Å². The van der Waals surface area contributed by atoms with Gasteiger partial charge in [0.05, 0.1) is 18.2 Å². The third-order valence-corrected chi connectivity index (χ3v) is 5.58. The standard InChI is InChI=1S/C22H25N3O3/c1-2-28-22(27)15-10-11-16-14-25(21(26)17(16)13-15)19-8-4-3-7-18(19)24-20-9-5-6-12-23-20/h5-6,9-13,18-19H,2-4,7-8,14H2,1H3,(H,23,24)/t18-,19-/m1/s1. The van der Waals surface area contributed by atoms with Gasteiger partial charge in [-0.25, -0.2) is 9.78 Å². The molecule has 146 valence electrons. The van der Waals surface area contributed by atoms with Crippen LogP contribution in [-0.2, 0) is 11.3 Å². The SMILES string of the molecule is CCOC(=O)c1ccc2c(c1)C(=O)N([C@@H]1CCCC[C@H]1Nc1ccccn1)C2. The van der Waals surface area contributed by atoms with Crippen LogP contribution in [-0.4, -0.2) is 40.5 Å². The number of amides is 1. The molecule has 1 saturated carbocycles. The van der Waals surface area contributed by atoms with Crippen LogP contribution in [0, 0.1) is 0 Å². The van der Waals surface area contributed by atoms with Gasteiger partial charge >= 0.3 is 5.97 Å². The minimum absolute atomic E-state index is 0.000805. The summed E-state index contributed by atoms with van der Waals surface area (Å²) in [6.07, 6.45) is 6.00. The first-order valence-electron chi connectivity index (χ1n) is 9.96. The molecule has 1 aliphatic heterocycles. The van der Waals surface area contributed by atoms with Crippen molar-refractivity contribution in [1.29, 1.82) is 0 Å². The number of nitrogens with zero attached hydrogens (tertiary/aromatic N) is 2. The van der Waals surface area contributed by atoms with E-state index in [2.05, 4.69) is 10.3 Å². The number of carbonyl (C=O) groups is 2. The molecule has 1 aromatic carbocycles. The van der Waals surface area contributed by atoms with Crippen LogP contribution >= 0.6 is 0 Å². The van der Waals surface area contributed by atoms with E-state index in [-0.39, 0.29) is 24.0 Å². The van der Waals surface area contributed by atoms with Crippen molar-refractivity contribution >= 4 is 17.7 Å². The maximum absolute atomic E-state index is 13.2. The van der Waals surface area contributed by atoms with Crippen molar-refractivity contribution < 1.29 is 14.3 Å². The third-order valence-electron chi connectivity index (χ3n) is 5.58. The minimum atomic E-state index is -0.385. The van der Waals surface area contributed by atoms with Crippen LogP contribution in [0.1, 0.15) is 58.9 Å². The molecular weight excluding hydrogens is 354 g/mol. The second-order valence-electron chi connectivity index (χ2n) is 7.34. The fraction of sp³-hybridized carbons (Fsp3) is 0.409. The first-order valence-corrected chi connectivity index (χ1v) is 9.96. The van der Waals surface area contributed by atoms with Crippen LogP contribution < -0.4 is 5.32 Å². The Hall–Kier alpha value is -2.89. The monoisotopic (exact) mass is 379 g/mol. The van der Waals surface area contributed by atoms with E-state index >= 15 is 0 Å². The summed E-state index contributed by atoms with van der Waals surface area (Å²) < 4.78 is 5.07. The van der Waals surface area contributed by atoms with Gasteiger partial charge in [-0.2, -0.15) is 0 Å². The number of carbonyl (C=O) groups excluding carboxylic acids is 2. The molecule has 28 heavy (non-hydrogen) atoms. The Balaban J connectivity index is 1.54. The van der Waals surface area contributed by atoms with Crippen molar-refractivity contribution in [3.05, 3.63) is 59.3 Å². The highest BCUT2D eigenvalue weighted by atomic mass is 16.5. The molecular formula is C22H25N3O3. The Morgan fingerprint density at radius 3 is 2.89 bits per heavy atom. The molecule has 2 aromatic rings. The quantitative estimate of drug-likeness (QED) is 0.803. The number of hydrogen-bond donors (Lipinski definition) is 1. The topological polar surface area (TPSA) is 71.5 Å². The molecule has 6 heteroatoms. The van der Waals surface area contributed by atoms with Crippen LogP contribution in [0.4, 0.5) is 5.82 Å². The predicted molar refractivity (Wildman–Crippen MR) is 106 cm³/mol. The summed E-state index contributed by atoms with van der Waals surface area (Å²) in [5.74, 6) is 0.456. The molecule has 0 radical (unpaired) electrons. The van der Waals surface area contributed by atoms with Crippen molar-refractivity contribution in [3.63, 3.8) is 0 Å². The summed E-state index contributed by atoms with van der Waals surface area (Å²) in [6, 6.07) is 11.4. The Labute approximate surface area is 164 Å². The summed E-state index contributed by atoms with van der Waals surface area (Å²) in [5, 5.41) is 3.52. The van der Waals surface area contributed by atoms with E-state index in [0.29, 0.717) is 24.3 Å². The summed E-state index contributed by atoms with van der Waals surface area (Å²) >= 11 is 0. The minimum Gasteiger partial charge on any atom is -0.462 e. The zero-order chi connectivity index (χ0) is 19.5. The van der Waals surface area contributed by atoms with E-state index in [9.17, 15) is 9.59 Å². The van der Waals surface area contributed by atoms with Gasteiger partial charge in [-0.15, -0.1) is 0 Å². The number of hydrogen-bond acceptors (Lipinski definition) is 5. The highest BCUT2D eigenvalue weighted by Gasteiger charge is 2.38. The van der Waals surface area contributed by atoms with Crippen molar-refractivity contribution in [1.82, 2.24) is 9.88 Å². The highest BCUT2D eigenvalue weighted by Crippen LogP contribution is 2.33. The zero-order valence-corrected chi connectivity index (χ0v) is 16.1. The summed E-state index contributed by atoms with van der Waals surface area (Å²) in [5.41, 5.74) is 2.02. The average molecular weight is 379 g/mol. The second-order valence-corrected chi connectivity index (χ2v) is 7.34. The lowest BCUT2D eigenvalue weighted by Crippen LogP contribution is -2.49. The van der Waals surface area contributed by atoms with Gasteiger partial charge in [-0.1, -0.05) is 25.0 Å². The number of ether oxygens (including phenoxy) is 1. The van der Waals surface area contributed by atoms with Gasteiger partial charge in [-0.3, -0.25) is 4.79 Å². The van der Waals surface area contributed by atoms with Gasteiger partial charge in [-0.05, 0) is 49.6 Å². The van der Waals surface area contributed by atoms with Gasteiger partial charge < -0.3 is 15.0 Å². The van der Waals surface area contributed by atoms with Crippen molar-refractivity contribution in [3.8, 4) is 0 Å². The summed E-state index contributed by atoms with van der Waals surface area (Å²) in [4.78, 5) is 31.5. The number of benzene rings is 1. The number of aromatic nitrogens is 1. The molecule has 1 aliphatic carbocycles. The van der Waals surface area contributed by atoms with Crippen molar-refractivity contribution in [2.24, 2.45) is 0 Å². The smallest absolute Gasteiger partial charge is 0.338 e. The normalized spacial score (nSPS) is 21.3. The number of pyridine rings is 1. The fourth-order valence-corrected chi connectivity index (χ4v) is 4.22. The Kier molecular flexibility index (Phi) is 5.28. The van der Waals surface area contributed by atoms with E-state index in [4.69, 9.17) is 4.74 Å². The molecule has 0 bridgehead atoms. The van der Waals surface area contributed by atoms with Crippen LogP contribution in [0.5, 0.6) is 0 Å². The lowest BCUT2D eigenvalue weighted by Gasteiger charge is -2.38. The predicted octanol–water partition coefficient (Wildman–Crippen LogP) is 3.64.